The smallest absolute Gasteiger partial charge is 0.0937 e. The van der Waals surface area contributed by atoms with Crippen molar-refractivity contribution in [1.82, 2.24) is 24.1 Å². The van der Waals surface area contributed by atoms with E-state index in [0.29, 0.717) is 0 Å². The van der Waals surface area contributed by atoms with E-state index in [0.717, 1.165) is 44.9 Å². The number of pyridine rings is 3. The molecule has 1 aliphatic carbocycles. The molecule has 0 unspecified atom stereocenters. The first kappa shape index (κ1) is 28.2. The van der Waals surface area contributed by atoms with Crippen LogP contribution in [0.25, 0.3) is 66.4 Å². The summed E-state index contributed by atoms with van der Waals surface area (Å²) >= 11 is 1.85. The van der Waals surface area contributed by atoms with Gasteiger partial charge in [0, 0.05) is 61.3 Å². The van der Waals surface area contributed by atoms with Crippen molar-refractivity contribution in [2.45, 2.75) is 15.2 Å². The molecule has 12 rings (SSSR count). The molecule has 6 heteroatoms. The van der Waals surface area contributed by atoms with Gasteiger partial charge in [0.25, 0.3) is 0 Å². The molecule has 5 aromatic carbocycles. The summed E-state index contributed by atoms with van der Waals surface area (Å²) in [5.41, 5.74) is 12.9. The number of rotatable bonds is 2. The molecular weight excluding hydrogens is 655 g/mol. The number of aromatic nitrogens is 5. The fourth-order valence-corrected chi connectivity index (χ4v) is 10.3. The van der Waals surface area contributed by atoms with Gasteiger partial charge < -0.3 is 9.13 Å². The van der Waals surface area contributed by atoms with Crippen LogP contribution in [0, 0.1) is 0 Å². The first-order valence-corrected chi connectivity index (χ1v) is 18.3. The molecule has 0 N–H and O–H groups in total. The van der Waals surface area contributed by atoms with E-state index in [1.54, 1.807) is 0 Å². The number of nitrogens with zero attached hydrogens (tertiary/aromatic N) is 5. The van der Waals surface area contributed by atoms with E-state index in [2.05, 4.69) is 154 Å². The first-order chi connectivity index (χ1) is 25.8. The van der Waals surface area contributed by atoms with E-state index in [4.69, 9.17) is 9.97 Å². The van der Waals surface area contributed by atoms with Gasteiger partial charge in [0.1, 0.15) is 0 Å². The minimum Gasteiger partial charge on any atom is -0.309 e. The third-order valence-electron chi connectivity index (χ3n) is 11.2. The van der Waals surface area contributed by atoms with Crippen molar-refractivity contribution in [1.29, 1.82) is 0 Å². The molecule has 242 valence electrons. The predicted molar refractivity (Wildman–Crippen MR) is 210 cm³/mol. The topological polar surface area (TPSA) is 48.5 Å². The van der Waals surface area contributed by atoms with Crippen molar-refractivity contribution in [3.05, 3.63) is 187 Å². The molecule has 0 atom stereocenters. The van der Waals surface area contributed by atoms with Gasteiger partial charge >= 0.3 is 0 Å². The summed E-state index contributed by atoms with van der Waals surface area (Å²) in [5.74, 6) is 0. The largest absolute Gasteiger partial charge is 0.309 e. The molecule has 10 aromatic rings. The number of hydrogen-bond donors (Lipinski definition) is 0. The lowest BCUT2D eigenvalue weighted by Crippen LogP contribution is -2.32. The second-order valence-corrected chi connectivity index (χ2v) is 14.7. The van der Waals surface area contributed by atoms with Crippen molar-refractivity contribution in [2.75, 3.05) is 0 Å². The molecule has 5 nitrogen and oxygen atoms in total. The zero-order chi connectivity index (χ0) is 34.0. The molecule has 6 heterocycles. The molecule has 0 fully saturated rings. The fourth-order valence-electron chi connectivity index (χ4n) is 9.16. The maximum atomic E-state index is 5.02. The Kier molecular flexibility index (Phi) is 5.58. The van der Waals surface area contributed by atoms with Crippen LogP contribution in [0.1, 0.15) is 22.3 Å². The molecule has 0 saturated carbocycles. The van der Waals surface area contributed by atoms with Crippen LogP contribution in [-0.4, -0.2) is 24.1 Å². The molecule has 1 aliphatic heterocycles. The van der Waals surface area contributed by atoms with E-state index < -0.39 is 5.41 Å². The van der Waals surface area contributed by atoms with Crippen LogP contribution in [0.3, 0.4) is 0 Å². The summed E-state index contributed by atoms with van der Waals surface area (Å²) in [7, 11) is 0. The van der Waals surface area contributed by atoms with Crippen molar-refractivity contribution >= 4 is 55.4 Å². The number of benzene rings is 5. The highest BCUT2D eigenvalue weighted by Crippen LogP contribution is 2.62. The SMILES string of the molecule is c1cnc2c(c1)C1(c3cc(-n4c5ccccc5c5ccccc54)ccc3Sc3ccc(-n4c5ccccc5c5ccncc54)cc31)c1cccnc1-2. The highest BCUT2D eigenvalue weighted by Gasteiger charge is 2.52. The van der Waals surface area contributed by atoms with E-state index >= 15 is 0 Å². The Hall–Kier alpha value is -6.50. The Balaban J connectivity index is 1.20. The summed E-state index contributed by atoms with van der Waals surface area (Å²) in [6, 6.07) is 50.9. The van der Waals surface area contributed by atoms with Crippen LogP contribution >= 0.6 is 11.8 Å². The summed E-state index contributed by atoms with van der Waals surface area (Å²) in [6.07, 6.45) is 7.66. The normalized spacial score (nSPS) is 13.8. The first-order valence-electron chi connectivity index (χ1n) is 17.5. The Morgan fingerprint density at radius 2 is 0.904 bits per heavy atom. The minimum absolute atomic E-state index is 0.648. The molecule has 2 aliphatic rings. The molecule has 0 saturated heterocycles. The van der Waals surface area contributed by atoms with Crippen LogP contribution in [0.5, 0.6) is 0 Å². The van der Waals surface area contributed by atoms with Gasteiger partial charge in [-0.25, -0.2) is 0 Å². The van der Waals surface area contributed by atoms with Gasteiger partial charge in [-0.15, -0.1) is 0 Å². The second kappa shape index (κ2) is 10.3. The van der Waals surface area contributed by atoms with E-state index in [1.807, 2.05) is 36.5 Å². The number of para-hydroxylation sites is 3. The van der Waals surface area contributed by atoms with Crippen LogP contribution in [0.2, 0.25) is 0 Å². The molecule has 0 bridgehead atoms. The highest BCUT2D eigenvalue weighted by molar-refractivity contribution is 7.99. The average Bonchev–Trinajstić information content (AvgIpc) is 3.83. The van der Waals surface area contributed by atoms with Gasteiger partial charge in [0.2, 0.25) is 0 Å². The van der Waals surface area contributed by atoms with Gasteiger partial charge in [-0.1, -0.05) is 78.5 Å². The number of hydrogen-bond acceptors (Lipinski definition) is 4. The Labute approximate surface area is 302 Å². The third kappa shape index (κ3) is 3.52. The van der Waals surface area contributed by atoms with Crippen LogP contribution in [-0.2, 0) is 5.41 Å². The van der Waals surface area contributed by atoms with E-state index in [-0.39, 0.29) is 0 Å². The minimum atomic E-state index is -0.648. The zero-order valence-electron chi connectivity index (χ0n) is 27.7. The summed E-state index contributed by atoms with van der Waals surface area (Å²) < 4.78 is 4.78. The van der Waals surface area contributed by atoms with Gasteiger partial charge in [-0.2, -0.15) is 0 Å². The van der Waals surface area contributed by atoms with Crippen molar-refractivity contribution in [2.24, 2.45) is 0 Å². The lowest BCUT2D eigenvalue weighted by Gasteiger charge is -2.39. The monoisotopic (exact) mass is 681 g/mol. The van der Waals surface area contributed by atoms with E-state index in [9.17, 15) is 0 Å². The maximum absolute atomic E-state index is 5.02. The fraction of sp³-hybridized carbons (Fsp3) is 0.0217. The average molecular weight is 682 g/mol. The highest BCUT2D eigenvalue weighted by atomic mass is 32.2. The van der Waals surface area contributed by atoms with Crippen LogP contribution in [0.15, 0.2) is 174 Å². The maximum Gasteiger partial charge on any atom is 0.0937 e. The van der Waals surface area contributed by atoms with Crippen molar-refractivity contribution < 1.29 is 0 Å². The van der Waals surface area contributed by atoms with Gasteiger partial charge in [-0.05, 0) is 95.1 Å². The summed E-state index contributed by atoms with van der Waals surface area (Å²) in [6.45, 7) is 0. The standard InChI is InChI=1S/C46H27N5S/c1-4-14-38-30(9-1)31-10-2-5-15-39(31)50(38)28-17-19-42-36(25-28)46(34-12-7-22-48-44(34)45-35(46)13-8-23-49-45)37-26-29(18-20-43(37)52-42)51-40-16-6-3-11-32(40)33-21-24-47-27-41(33)51/h1-27H. The van der Waals surface area contributed by atoms with Gasteiger partial charge in [-0.3, -0.25) is 15.0 Å². The lowest BCUT2D eigenvalue weighted by atomic mass is 9.67. The van der Waals surface area contributed by atoms with E-state index in [1.165, 1.54) is 53.5 Å². The van der Waals surface area contributed by atoms with Crippen molar-refractivity contribution in [3.8, 4) is 22.8 Å². The number of fused-ring (bicyclic) bond motifs is 15. The molecule has 0 amide bonds. The van der Waals surface area contributed by atoms with Gasteiger partial charge in [0.15, 0.2) is 0 Å². The van der Waals surface area contributed by atoms with Gasteiger partial charge in [0.05, 0.1) is 45.1 Å². The Morgan fingerprint density at radius 3 is 1.44 bits per heavy atom. The summed E-state index contributed by atoms with van der Waals surface area (Å²) in [5, 5.41) is 4.91. The van der Waals surface area contributed by atoms with Crippen LogP contribution in [0.4, 0.5) is 0 Å². The summed E-state index contributed by atoms with van der Waals surface area (Å²) in [4.78, 5) is 17.1. The van der Waals surface area contributed by atoms with Crippen LogP contribution < -0.4 is 0 Å². The van der Waals surface area contributed by atoms with Crippen molar-refractivity contribution in [3.63, 3.8) is 0 Å². The Morgan fingerprint density at radius 1 is 0.423 bits per heavy atom. The second-order valence-electron chi connectivity index (χ2n) is 13.6. The predicted octanol–water partition coefficient (Wildman–Crippen LogP) is 10.9. The molecule has 1 spiro atoms. The third-order valence-corrected chi connectivity index (χ3v) is 12.3. The molecule has 52 heavy (non-hydrogen) atoms. The lowest BCUT2D eigenvalue weighted by molar-refractivity contribution is 0.717. The quantitative estimate of drug-likeness (QED) is 0.182. The molecule has 0 radical (unpaired) electrons. The molecule has 5 aromatic heterocycles. The zero-order valence-corrected chi connectivity index (χ0v) is 28.5. The molecular formula is C46H27N5S. The Bertz CT molecular complexity index is 2820.